The first-order chi connectivity index (χ1) is 14.7. The molecule has 0 unspecified atom stereocenters. The highest BCUT2D eigenvalue weighted by Crippen LogP contribution is 2.37. The predicted octanol–water partition coefficient (Wildman–Crippen LogP) is 4.72. The third-order valence-electron chi connectivity index (χ3n) is 5.35. The molecule has 0 atom stereocenters. The van der Waals surface area contributed by atoms with E-state index in [1.165, 1.54) is 0 Å². The van der Waals surface area contributed by atoms with Gasteiger partial charge in [0.15, 0.2) is 11.5 Å². The first kappa shape index (κ1) is 19.7. The van der Waals surface area contributed by atoms with Crippen LogP contribution in [0.1, 0.15) is 11.3 Å². The maximum absolute atomic E-state index is 13.6. The molecule has 1 fully saturated rings. The van der Waals surface area contributed by atoms with Gasteiger partial charge in [0, 0.05) is 19.6 Å². The molecule has 0 spiro atoms. The van der Waals surface area contributed by atoms with E-state index in [2.05, 4.69) is 27.2 Å². The number of hydrogen-bond donors (Lipinski definition) is 0. The lowest BCUT2D eigenvalue weighted by Gasteiger charge is -2.26. The van der Waals surface area contributed by atoms with Gasteiger partial charge < -0.3 is 4.74 Å². The number of halogens is 2. The average Bonchev–Trinajstić information content (AvgIpc) is 3.20. The molecular weight excluding hydrogens is 425 g/mol. The summed E-state index contributed by atoms with van der Waals surface area (Å²) in [6.07, 6.45) is 0. The van der Waals surface area contributed by atoms with Crippen molar-refractivity contribution in [3.05, 3.63) is 52.7 Å². The second kappa shape index (κ2) is 8.11. The number of fused-ring (bicyclic) bond motifs is 3. The van der Waals surface area contributed by atoms with Crippen molar-refractivity contribution in [3.63, 3.8) is 0 Å². The lowest BCUT2D eigenvalue weighted by atomic mass is 10.1. The molecule has 9 heteroatoms. The summed E-state index contributed by atoms with van der Waals surface area (Å²) in [6.45, 7) is 6.05. The molecule has 0 amide bonds. The van der Waals surface area contributed by atoms with Gasteiger partial charge in [-0.2, -0.15) is 3.89 Å². The van der Waals surface area contributed by atoms with Crippen LogP contribution in [-0.4, -0.2) is 50.8 Å². The number of nitrogens with zero attached hydrogens (tertiary/aromatic N) is 5. The Morgan fingerprint density at radius 3 is 2.80 bits per heavy atom. The number of aromatic nitrogens is 4. The molecule has 0 saturated carbocycles. The maximum atomic E-state index is 13.6. The van der Waals surface area contributed by atoms with Crippen LogP contribution in [0, 0.1) is 6.92 Å². The molecule has 0 aliphatic carbocycles. The monoisotopic (exact) mass is 443 g/mol. The normalized spacial score (nSPS) is 15.3. The van der Waals surface area contributed by atoms with Crippen LogP contribution >= 0.6 is 23.7 Å². The summed E-state index contributed by atoms with van der Waals surface area (Å²) >= 11 is 6.61. The summed E-state index contributed by atoms with van der Waals surface area (Å²) in [7, 11) is 0. The Hall–Kier alpha value is -2.26. The van der Waals surface area contributed by atoms with Gasteiger partial charge in [-0.15, -0.1) is 10.2 Å². The van der Waals surface area contributed by atoms with Crippen molar-refractivity contribution in [2.45, 2.75) is 18.4 Å². The van der Waals surface area contributed by atoms with Gasteiger partial charge in [0.2, 0.25) is 0 Å². The standard InChI is InChI=1S/C21H19ClFN5OS/c1-13-20-25-26-21(19-15(22)3-2-4-18(19)30-23)28(20)17-11-14(5-6-16(17)24-13)12-27-7-9-29-10-8-27/h2-6,11H,7-10,12H2,1H3. The largest absolute Gasteiger partial charge is 0.379 e. The zero-order valence-corrected chi connectivity index (χ0v) is 17.9. The zero-order valence-electron chi connectivity index (χ0n) is 16.3. The molecule has 6 nitrogen and oxygen atoms in total. The van der Waals surface area contributed by atoms with Crippen molar-refractivity contribution in [2.24, 2.45) is 0 Å². The number of morpholine rings is 1. The van der Waals surface area contributed by atoms with Crippen molar-refractivity contribution in [2.75, 3.05) is 26.3 Å². The first-order valence-electron chi connectivity index (χ1n) is 9.67. The van der Waals surface area contributed by atoms with E-state index in [9.17, 15) is 3.89 Å². The molecule has 154 valence electrons. The smallest absolute Gasteiger partial charge is 0.183 e. The van der Waals surface area contributed by atoms with E-state index in [1.54, 1.807) is 18.2 Å². The van der Waals surface area contributed by atoms with Crippen molar-refractivity contribution in [3.8, 4) is 11.4 Å². The molecule has 1 aliphatic heterocycles. The minimum atomic E-state index is 0.153. The molecule has 30 heavy (non-hydrogen) atoms. The predicted molar refractivity (Wildman–Crippen MR) is 117 cm³/mol. The fourth-order valence-corrected chi connectivity index (χ4v) is 4.61. The van der Waals surface area contributed by atoms with E-state index in [-0.39, 0.29) is 12.1 Å². The first-order valence-corrected chi connectivity index (χ1v) is 10.8. The van der Waals surface area contributed by atoms with Gasteiger partial charge in [-0.3, -0.25) is 9.30 Å². The third-order valence-corrected chi connectivity index (χ3v) is 6.17. The molecule has 1 saturated heterocycles. The van der Waals surface area contributed by atoms with E-state index in [0.29, 0.717) is 27.0 Å². The van der Waals surface area contributed by atoms with Crippen LogP contribution in [0.3, 0.4) is 0 Å². The quantitative estimate of drug-likeness (QED) is 0.455. The Kier molecular flexibility index (Phi) is 5.32. The van der Waals surface area contributed by atoms with Crippen LogP contribution in [0.15, 0.2) is 41.3 Å². The van der Waals surface area contributed by atoms with Crippen molar-refractivity contribution in [1.82, 2.24) is 24.5 Å². The van der Waals surface area contributed by atoms with Crippen molar-refractivity contribution >= 4 is 40.4 Å². The summed E-state index contributed by atoms with van der Waals surface area (Å²) in [5.41, 5.74) is 4.78. The van der Waals surface area contributed by atoms with E-state index < -0.39 is 0 Å². The number of aryl methyl sites for hydroxylation is 1. The molecule has 2 aromatic heterocycles. The lowest BCUT2D eigenvalue weighted by Crippen LogP contribution is -2.35. The Labute approximate surface area is 182 Å². The molecule has 1 aliphatic rings. The second-order valence-corrected chi connectivity index (χ2v) is 8.28. The summed E-state index contributed by atoms with van der Waals surface area (Å²) in [6, 6.07) is 11.4. The SMILES string of the molecule is Cc1nc2ccc(CN3CCOCC3)cc2n2c(-c3c(Cl)cccc3SF)nnc12. The van der Waals surface area contributed by atoms with Gasteiger partial charge in [-0.05, 0) is 36.8 Å². The highest BCUT2D eigenvalue weighted by Gasteiger charge is 2.20. The minimum Gasteiger partial charge on any atom is -0.379 e. The Bertz CT molecular complexity index is 1240. The van der Waals surface area contributed by atoms with Gasteiger partial charge in [0.25, 0.3) is 0 Å². The minimum absolute atomic E-state index is 0.153. The summed E-state index contributed by atoms with van der Waals surface area (Å²) < 4.78 is 21.0. The van der Waals surface area contributed by atoms with Crippen LogP contribution in [0.2, 0.25) is 5.02 Å². The molecule has 5 rings (SSSR count). The van der Waals surface area contributed by atoms with Gasteiger partial charge >= 0.3 is 0 Å². The Morgan fingerprint density at radius 1 is 1.17 bits per heavy atom. The zero-order chi connectivity index (χ0) is 20.7. The van der Waals surface area contributed by atoms with Crippen LogP contribution in [0.4, 0.5) is 3.89 Å². The van der Waals surface area contributed by atoms with Crippen molar-refractivity contribution in [1.29, 1.82) is 0 Å². The number of benzene rings is 2. The summed E-state index contributed by atoms with van der Waals surface area (Å²) in [4.78, 5) is 7.46. The molecule has 0 bridgehead atoms. The topological polar surface area (TPSA) is 55.6 Å². The number of rotatable bonds is 4. The van der Waals surface area contributed by atoms with Gasteiger partial charge in [-0.1, -0.05) is 23.7 Å². The van der Waals surface area contributed by atoms with Gasteiger partial charge in [0.05, 0.1) is 57.6 Å². The Balaban J connectivity index is 1.71. The average molecular weight is 444 g/mol. The molecule has 4 aromatic rings. The van der Waals surface area contributed by atoms with E-state index in [0.717, 1.165) is 55.1 Å². The highest BCUT2D eigenvalue weighted by atomic mass is 35.5. The Morgan fingerprint density at radius 2 is 2.00 bits per heavy atom. The van der Waals surface area contributed by atoms with Crippen LogP contribution in [0.5, 0.6) is 0 Å². The summed E-state index contributed by atoms with van der Waals surface area (Å²) in [5.74, 6) is 0.509. The fourth-order valence-electron chi connectivity index (χ4n) is 3.88. The molecular formula is C21H19ClFN5OS. The number of hydrogen-bond acceptors (Lipinski definition) is 6. The van der Waals surface area contributed by atoms with Crippen molar-refractivity contribution < 1.29 is 8.62 Å². The molecule has 3 heterocycles. The van der Waals surface area contributed by atoms with Gasteiger partial charge in [-0.25, -0.2) is 4.98 Å². The molecule has 2 aromatic carbocycles. The maximum Gasteiger partial charge on any atom is 0.183 e. The van der Waals surface area contributed by atoms with E-state index >= 15 is 0 Å². The van der Waals surface area contributed by atoms with Crippen LogP contribution in [0.25, 0.3) is 28.1 Å². The summed E-state index contributed by atoms with van der Waals surface area (Å²) in [5, 5.41) is 9.14. The molecule has 0 N–H and O–H groups in total. The number of ether oxygens (including phenoxy) is 1. The van der Waals surface area contributed by atoms with E-state index in [1.807, 2.05) is 17.4 Å². The molecule has 0 radical (unpaired) electrons. The van der Waals surface area contributed by atoms with Crippen LogP contribution < -0.4 is 0 Å². The third kappa shape index (κ3) is 3.43. The van der Waals surface area contributed by atoms with Crippen LogP contribution in [-0.2, 0) is 11.3 Å². The van der Waals surface area contributed by atoms with Gasteiger partial charge in [0.1, 0.15) is 0 Å². The lowest BCUT2D eigenvalue weighted by molar-refractivity contribution is 0.0342. The fraction of sp³-hybridized carbons (Fsp3) is 0.286. The second-order valence-electron chi connectivity index (χ2n) is 7.28. The highest BCUT2D eigenvalue weighted by molar-refractivity contribution is 7.94. The van der Waals surface area contributed by atoms with E-state index in [4.69, 9.17) is 21.3 Å².